The molecule has 0 spiro atoms. The lowest BCUT2D eigenvalue weighted by molar-refractivity contribution is 0.432. The Kier molecular flexibility index (Phi) is 2.13. The number of nitrogens with zero attached hydrogens (tertiary/aromatic N) is 1. The van der Waals surface area contributed by atoms with E-state index < -0.39 is 5.82 Å². The van der Waals surface area contributed by atoms with Crippen LogP contribution in [-0.4, -0.2) is 5.16 Å². The van der Waals surface area contributed by atoms with Crippen LogP contribution >= 0.6 is 11.6 Å². The maximum absolute atomic E-state index is 12.8. The summed E-state index contributed by atoms with van der Waals surface area (Å²) < 4.78 is 17.7. The molecule has 3 nitrogen and oxygen atoms in total. The second-order valence-corrected chi connectivity index (χ2v) is 3.15. The van der Waals surface area contributed by atoms with Crippen LogP contribution < -0.4 is 5.73 Å². The minimum Gasteiger partial charge on any atom is -0.394 e. The molecule has 0 fully saturated rings. The van der Waals surface area contributed by atoms with Gasteiger partial charge in [0.05, 0.1) is 11.2 Å². The van der Waals surface area contributed by atoms with Gasteiger partial charge in [-0.15, -0.1) is 0 Å². The van der Waals surface area contributed by atoms with E-state index in [0.29, 0.717) is 17.0 Å². The smallest absolute Gasteiger partial charge is 0.189 e. The fourth-order valence-corrected chi connectivity index (χ4v) is 1.28. The molecule has 2 rings (SSSR count). The Morgan fingerprint density at radius 2 is 2.21 bits per heavy atom. The van der Waals surface area contributed by atoms with Gasteiger partial charge in [-0.3, -0.25) is 0 Å². The van der Waals surface area contributed by atoms with Gasteiger partial charge in [0.15, 0.2) is 5.76 Å². The molecule has 1 aromatic carbocycles. The highest BCUT2D eigenvalue weighted by Crippen LogP contribution is 2.28. The van der Waals surface area contributed by atoms with Crippen LogP contribution in [0.5, 0.6) is 0 Å². The van der Waals surface area contributed by atoms with E-state index in [2.05, 4.69) is 5.16 Å². The number of benzene rings is 1. The zero-order valence-electron chi connectivity index (χ0n) is 7.00. The molecular formula is C9H6ClFN2O. The van der Waals surface area contributed by atoms with Crippen molar-refractivity contribution in [1.82, 2.24) is 5.16 Å². The van der Waals surface area contributed by atoms with Gasteiger partial charge in [0, 0.05) is 5.56 Å². The number of anilines is 1. The summed E-state index contributed by atoms with van der Waals surface area (Å²) in [6.07, 6.45) is 1.38. The van der Waals surface area contributed by atoms with Gasteiger partial charge in [-0.25, -0.2) is 4.39 Å². The van der Waals surface area contributed by atoms with E-state index in [1.165, 1.54) is 24.4 Å². The summed E-state index contributed by atoms with van der Waals surface area (Å²) >= 11 is 5.61. The highest BCUT2D eigenvalue weighted by molar-refractivity contribution is 6.31. The van der Waals surface area contributed by atoms with Gasteiger partial charge in [-0.1, -0.05) is 16.8 Å². The van der Waals surface area contributed by atoms with Gasteiger partial charge in [0.2, 0.25) is 0 Å². The van der Waals surface area contributed by atoms with E-state index in [9.17, 15) is 4.39 Å². The SMILES string of the molecule is Nc1cnoc1-c1ccc(F)c(Cl)c1. The Morgan fingerprint density at radius 3 is 2.79 bits per heavy atom. The van der Waals surface area contributed by atoms with E-state index >= 15 is 0 Å². The Labute approximate surface area is 84.3 Å². The first-order valence-electron chi connectivity index (χ1n) is 3.84. The fourth-order valence-electron chi connectivity index (χ4n) is 1.10. The van der Waals surface area contributed by atoms with Crippen LogP contribution in [0.1, 0.15) is 0 Å². The average molecular weight is 213 g/mol. The molecule has 0 aliphatic heterocycles. The van der Waals surface area contributed by atoms with E-state index in [1.54, 1.807) is 0 Å². The summed E-state index contributed by atoms with van der Waals surface area (Å²) in [7, 11) is 0. The van der Waals surface area contributed by atoms with Crippen molar-refractivity contribution in [1.29, 1.82) is 0 Å². The molecule has 14 heavy (non-hydrogen) atoms. The third kappa shape index (κ3) is 1.44. The number of rotatable bonds is 1. The largest absolute Gasteiger partial charge is 0.394 e. The van der Waals surface area contributed by atoms with Crippen LogP contribution in [0.4, 0.5) is 10.1 Å². The zero-order chi connectivity index (χ0) is 10.1. The quantitative estimate of drug-likeness (QED) is 0.791. The van der Waals surface area contributed by atoms with Crippen molar-refractivity contribution in [2.24, 2.45) is 0 Å². The van der Waals surface area contributed by atoms with Crippen molar-refractivity contribution in [3.8, 4) is 11.3 Å². The van der Waals surface area contributed by atoms with Gasteiger partial charge in [-0.2, -0.15) is 0 Å². The highest BCUT2D eigenvalue weighted by Gasteiger charge is 2.09. The van der Waals surface area contributed by atoms with E-state index in [1.807, 2.05) is 0 Å². The van der Waals surface area contributed by atoms with Gasteiger partial charge >= 0.3 is 0 Å². The molecule has 0 atom stereocenters. The van der Waals surface area contributed by atoms with E-state index in [0.717, 1.165) is 0 Å². The molecule has 2 aromatic rings. The van der Waals surface area contributed by atoms with Gasteiger partial charge < -0.3 is 10.3 Å². The predicted molar refractivity (Wildman–Crippen MR) is 51.3 cm³/mol. The van der Waals surface area contributed by atoms with E-state index in [4.69, 9.17) is 21.9 Å². The van der Waals surface area contributed by atoms with Crippen molar-refractivity contribution in [2.45, 2.75) is 0 Å². The first-order valence-corrected chi connectivity index (χ1v) is 4.22. The summed E-state index contributed by atoms with van der Waals surface area (Å²) in [4.78, 5) is 0. The molecule has 0 saturated heterocycles. The third-order valence-electron chi connectivity index (χ3n) is 1.78. The molecule has 2 N–H and O–H groups in total. The second kappa shape index (κ2) is 3.31. The van der Waals surface area contributed by atoms with Crippen LogP contribution in [0, 0.1) is 5.82 Å². The number of nitrogen functional groups attached to an aromatic ring is 1. The Balaban J connectivity index is 2.53. The van der Waals surface area contributed by atoms with Crippen molar-refractivity contribution in [3.63, 3.8) is 0 Å². The molecule has 1 aromatic heterocycles. The molecule has 0 aliphatic carbocycles. The maximum atomic E-state index is 12.8. The Hall–Kier alpha value is -1.55. The number of aromatic nitrogens is 1. The molecule has 72 valence electrons. The molecular weight excluding hydrogens is 207 g/mol. The molecule has 0 unspecified atom stereocenters. The van der Waals surface area contributed by atoms with Gasteiger partial charge in [0.25, 0.3) is 0 Å². The van der Waals surface area contributed by atoms with Gasteiger partial charge in [0.1, 0.15) is 11.5 Å². The minimum atomic E-state index is -0.478. The van der Waals surface area contributed by atoms with Crippen molar-refractivity contribution < 1.29 is 8.91 Å². The van der Waals surface area contributed by atoms with Crippen LogP contribution in [0.2, 0.25) is 5.02 Å². The lowest BCUT2D eigenvalue weighted by Crippen LogP contribution is -1.85. The fraction of sp³-hybridized carbons (Fsp3) is 0. The summed E-state index contributed by atoms with van der Waals surface area (Å²) in [5.74, 6) is -0.0830. The minimum absolute atomic E-state index is 0.0262. The predicted octanol–water partition coefficient (Wildman–Crippen LogP) is 2.72. The van der Waals surface area contributed by atoms with Crippen LogP contribution in [0.3, 0.4) is 0 Å². The molecule has 0 saturated carbocycles. The van der Waals surface area contributed by atoms with Crippen LogP contribution in [-0.2, 0) is 0 Å². The summed E-state index contributed by atoms with van der Waals surface area (Å²) in [6, 6.07) is 4.21. The second-order valence-electron chi connectivity index (χ2n) is 2.74. The third-order valence-corrected chi connectivity index (χ3v) is 2.07. The molecule has 0 amide bonds. The maximum Gasteiger partial charge on any atom is 0.189 e. The lowest BCUT2D eigenvalue weighted by atomic mass is 10.1. The molecule has 0 bridgehead atoms. The van der Waals surface area contributed by atoms with Crippen molar-refractivity contribution in [3.05, 3.63) is 35.2 Å². The van der Waals surface area contributed by atoms with E-state index in [-0.39, 0.29) is 5.02 Å². The molecule has 5 heteroatoms. The first-order chi connectivity index (χ1) is 6.68. The zero-order valence-corrected chi connectivity index (χ0v) is 7.75. The summed E-state index contributed by atoms with van der Waals surface area (Å²) in [5.41, 5.74) is 6.57. The monoisotopic (exact) mass is 212 g/mol. The summed E-state index contributed by atoms with van der Waals surface area (Å²) in [5, 5.41) is 3.54. The molecule has 1 heterocycles. The first kappa shape index (κ1) is 9.02. The number of halogens is 2. The molecule has 0 radical (unpaired) electrons. The number of hydrogen-bond donors (Lipinski definition) is 1. The highest BCUT2D eigenvalue weighted by atomic mass is 35.5. The lowest BCUT2D eigenvalue weighted by Gasteiger charge is -1.98. The topological polar surface area (TPSA) is 52.0 Å². The van der Waals surface area contributed by atoms with Crippen molar-refractivity contribution >= 4 is 17.3 Å². The van der Waals surface area contributed by atoms with Crippen LogP contribution in [0.15, 0.2) is 28.9 Å². The average Bonchev–Trinajstić information content (AvgIpc) is 2.57. The molecule has 0 aliphatic rings. The summed E-state index contributed by atoms with van der Waals surface area (Å²) in [6.45, 7) is 0. The normalized spacial score (nSPS) is 10.4. The van der Waals surface area contributed by atoms with Gasteiger partial charge in [-0.05, 0) is 18.2 Å². The standard InChI is InChI=1S/C9H6ClFN2O/c10-6-3-5(1-2-7(6)11)9-8(12)4-13-14-9/h1-4H,12H2. The van der Waals surface area contributed by atoms with Crippen LogP contribution in [0.25, 0.3) is 11.3 Å². The Morgan fingerprint density at radius 1 is 1.43 bits per heavy atom. The number of nitrogens with two attached hydrogens (primary N) is 1. The Bertz CT molecular complexity index is 470. The van der Waals surface area contributed by atoms with Crippen molar-refractivity contribution in [2.75, 3.05) is 5.73 Å². The number of hydrogen-bond acceptors (Lipinski definition) is 3.